The van der Waals surface area contributed by atoms with Crippen molar-refractivity contribution in [3.05, 3.63) is 24.3 Å². The molecule has 0 aliphatic rings. The van der Waals surface area contributed by atoms with Crippen molar-refractivity contribution in [3.8, 4) is 5.75 Å². The Balaban J connectivity index is 2.90. The van der Waals surface area contributed by atoms with Gasteiger partial charge in [0.2, 0.25) is 10.0 Å². The summed E-state index contributed by atoms with van der Waals surface area (Å²) in [5, 5.41) is 9.57. The maximum atomic E-state index is 12.3. The molecule has 7 heteroatoms. The van der Waals surface area contributed by atoms with Crippen LogP contribution < -0.4 is 4.74 Å². The first-order valence-electron chi connectivity index (χ1n) is 5.69. The Morgan fingerprint density at radius 3 is 2.63 bits per heavy atom. The fourth-order valence-electron chi connectivity index (χ4n) is 1.58. The van der Waals surface area contributed by atoms with E-state index in [9.17, 15) is 13.5 Å². The lowest BCUT2D eigenvalue weighted by molar-refractivity contribution is 0.0554. The van der Waals surface area contributed by atoms with Crippen LogP contribution in [0.3, 0.4) is 0 Å². The second-order valence-corrected chi connectivity index (χ2v) is 6.12. The van der Waals surface area contributed by atoms with Crippen LogP contribution in [-0.2, 0) is 14.8 Å². The highest BCUT2D eigenvalue weighted by Gasteiger charge is 2.23. The van der Waals surface area contributed by atoms with Crippen LogP contribution in [0, 0.1) is 0 Å². The molecule has 1 aromatic carbocycles. The van der Waals surface area contributed by atoms with Crippen LogP contribution in [0.25, 0.3) is 0 Å². The third kappa shape index (κ3) is 4.17. The van der Waals surface area contributed by atoms with Gasteiger partial charge in [-0.3, -0.25) is 0 Å². The highest BCUT2D eigenvalue weighted by atomic mass is 32.2. The molecular weight excluding hydrogens is 270 g/mol. The monoisotopic (exact) mass is 289 g/mol. The van der Waals surface area contributed by atoms with Crippen molar-refractivity contribution < 1.29 is 23.0 Å². The lowest BCUT2D eigenvalue weighted by atomic mass is 10.3. The van der Waals surface area contributed by atoms with Crippen molar-refractivity contribution in [1.82, 2.24) is 4.31 Å². The van der Waals surface area contributed by atoms with E-state index in [2.05, 4.69) is 0 Å². The SMILES string of the molecule is COCC(O)CN(C)S(=O)(=O)c1cccc(OC)c1. The maximum Gasteiger partial charge on any atom is 0.243 e. The number of aliphatic hydroxyl groups is 1. The van der Waals surface area contributed by atoms with E-state index in [1.165, 1.54) is 33.4 Å². The number of hydrogen-bond donors (Lipinski definition) is 1. The Kier molecular flexibility index (Phi) is 5.74. The van der Waals surface area contributed by atoms with Gasteiger partial charge in [0.15, 0.2) is 0 Å². The molecule has 0 spiro atoms. The standard InChI is InChI=1S/C12H19NO5S/c1-13(8-10(14)9-17-2)19(15,16)12-6-4-5-11(7-12)18-3/h4-7,10,14H,8-9H2,1-3H3. The van der Waals surface area contributed by atoms with Crippen molar-refractivity contribution in [3.63, 3.8) is 0 Å². The van der Waals surface area contributed by atoms with Crippen LogP contribution in [0.4, 0.5) is 0 Å². The van der Waals surface area contributed by atoms with Gasteiger partial charge in [-0.2, -0.15) is 4.31 Å². The van der Waals surface area contributed by atoms with E-state index in [4.69, 9.17) is 9.47 Å². The molecule has 0 fully saturated rings. The highest BCUT2D eigenvalue weighted by Crippen LogP contribution is 2.20. The summed E-state index contributed by atoms with van der Waals surface area (Å²) in [5.74, 6) is 0.465. The molecule has 0 radical (unpaired) electrons. The number of nitrogens with zero attached hydrogens (tertiary/aromatic N) is 1. The van der Waals surface area contributed by atoms with E-state index in [0.717, 1.165) is 4.31 Å². The summed E-state index contributed by atoms with van der Waals surface area (Å²) < 4.78 is 35.4. The number of rotatable bonds is 7. The summed E-state index contributed by atoms with van der Waals surface area (Å²) in [6, 6.07) is 6.19. The zero-order chi connectivity index (χ0) is 14.5. The van der Waals surface area contributed by atoms with Gasteiger partial charge in [-0.05, 0) is 12.1 Å². The minimum absolute atomic E-state index is 0.0343. The summed E-state index contributed by atoms with van der Waals surface area (Å²) in [6.45, 7) is 0.0470. The van der Waals surface area contributed by atoms with E-state index < -0.39 is 16.1 Å². The molecule has 6 nitrogen and oxygen atoms in total. The number of benzene rings is 1. The number of sulfonamides is 1. The molecule has 0 amide bonds. The Bertz CT molecular complexity index is 503. The molecule has 0 saturated heterocycles. The number of ether oxygens (including phenoxy) is 2. The quantitative estimate of drug-likeness (QED) is 0.782. The third-order valence-corrected chi connectivity index (χ3v) is 4.40. The minimum atomic E-state index is -3.65. The fourth-order valence-corrected chi connectivity index (χ4v) is 2.83. The molecule has 108 valence electrons. The van der Waals surface area contributed by atoms with E-state index in [0.29, 0.717) is 5.75 Å². The van der Waals surface area contributed by atoms with Gasteiger partial charge in [0.1, 0.15) is 5.75 Å². The lowest BCUT2D eigenvalue weighted by Crippen LogP contribution is -2.36. The molecule has 1 atom stereocenters. The van der Waals surface area contributed by atoms with Gasteiger partial charge in [0.05, 0.1) is 24.7 Å². The predicted octanol–water partition coefficient (Wildman–Crippen LogP) is 0.323. The summed E-state index contributed by atoms with van der Waals surface area (Å²) in [4.78, 5) is 0.124. The Hall–Kier alpha value is -1.15. The zero-order valence-corrected chi connectivity index (χ0v) is 12.1. The summed E-state index contributed by atoms with van der Waals surface area (Å²) in [6.07, 6.45) is -0.865. The maximum absolute atomic E-state index is 12.3. The summed E-state index contributed by atoms with van der Waals surface area (Å²) >= 11 is 0. The molecule has 19 heavy (non-hydrogen) atoms. The molecule has 0 heterocycles. The molecule has 0 aliphatic carbocycles. The molecule has 1 N–H and O–H groups in total. The largest absolute Gasteiger partial charge is 0.497 e. The highest BCUT2D eigenvalue weighted by molar-refractivity contribution is 7.89. The van der Waals surface area contributed by atoms with Crippen LogP contribution >= 0.6 is 0 Å². The Morgan fingerprint density at radius 2 is 2.05 bits per heavy atom. The topological polar surface area (TPSA) is 76.1 Å². The lowest BCUT2D eigenvalue weighted by Gasteiger charge is -2.20. The van der Waals surface area contributed by atoms with Crippen LogP contribution in [0.5, 0.6) is 5.75 Å². The van der Waals surface area contributed by atoms with Crippen LogP contribution in [0.1, 0.15) is 0 Å². The average Bonchev–Trinajstić information content (AvgIpc) is 2.38. The van der Waals surface area contributed by atoms with Crippen LogP contribution in [0.15, 0.2) is 29.2 Å². The summed E-state index contributed by atoms with van der Waals surface area (Å²) in [7, 11) is 0.677. The molecule has 1 unspecified atom stereocenters. The molecular formula is C12H19NO5S. The van der Waals surface area contributed by atoms with Crippen molar-refractivity contribution >= 4 is 10.0 Å². The normalized spacial score (nSPS) is 13.5. The van der Waals surface area contributed by atoms with Gasteiger partial charge in [-0.15, -0.1) is 0 Å². The first-order chi connectivity index (χ1) is 8.91. The average molecular weight is 289 g/mol. The minimum Gasteiger partial charge on any atom is -0.497 e. The van der Waals surface area contributed by atoms with Gasteiger partial charge in [0, 0.05) is 26.8 Å². The van der Waals surface area contributed by atoms with Gasteiger partial charge >= 0.3 is 0 Å². The van der Waals surface area contributed by atoms with Gasteiger partial charge < -0.3 is 14.6 Å². The van der Waals surface area contributed by atoms with Crippen molar-refractivity contribution in [2.75, 3.05) is 34.4 Å². The van der Waals surface area contributed by atoms with Crippen molar-refractivity contribution in [2.45, 2.75) is 11.0 Å². The Labute approximate surface area is 113 Å². The predicted molar refractivity (Wildman–Crippen MR) is 70.7 cm³/mol. The number of hydrogen-bond acceptors (Lipinski definition) is 5. The molecule has 0 bridgehead atoms. The second-order valence-electron chi connectivity index (χ2n) is 4.07. The smallest absolute Gasteiger partial charge is 0.243 e. The van der Waals surface area contributed by atoms with E-state index in [1.807, 2.05) is 0 Å². The first kappa shape index (κ1) is 15.9. The number of aliphatic hydroxyl groups excluding tert-OH is 1. The molecule has 1 rings (SSSR count). The van der Waals surface area contributed by atoms with Crippen LogP contribution in [0.2, 0.25) is 0 Å². The van der Waals surface area contributed by atoms with Crippen molar-refractivity contribution in [1.29, 1.82) is 0 Å². The van der Waals surface area contributed by atoms with Crippen LogP contribution in [-0.4, -0.2) is 58.4 Å². The second kappa shape index (κ2) is 6.85. The molecule has 1 aromatic rings. The summed E-state index contributed by atoms with van der Waals surface area (Å²) in [5.41, 5.74) is 0. The van der Waals surface area contributed by atoms with Gasteiger partial charge in [0.25, 0.3) is 0 Å². The molecule has 0 aliphatic heterocycles. The van der Waals surface area contributed by atoms with Gasteiger partial charge in [-0.1, -0.05) is 6.07 Å². The zero-order valence-electron chi connectivity index (χ0n) is 11.2. The van der Waals surface area contributed by atoms with Crippen molar-refractivity contribution in [2.24, 2.45) is 0 Å². The first-order valence-corrected chi connectivity index (χ1v) is 7.13. The Morgan fingerprint density at radius 1 is 1.37 bits per heavy atom. The number of likely N-dealkylation sites (N-methyl/N-ethyl adjacent to an activating group) is 1. The molecule has 0 saturated carbocycles. The van der Waals surface area contributed by atoms with E-state index in [-0.39, 0.29) is 18.0 Å². The molecule has 0 aromatic heterocycles. The van der Waals surface area contributed by atoms with E-state index in [1.54, 1.807) is 12.1 Å². The fraction of sp³-hybridized carbons (Fsp3) is 0.500. The number of methoxy groups -OCH3 is 2. The van der Waals surface area contributed by atoms with E-state index >= 15 is 0 Å². The van der Waals surface area contributed by atoms with Gasteiger partial charge in [-0.25, -0.2) is 8.42 Å². The third-order valence-electron chi connectivity index (χ3n) is 2.58.